The molecule has 0 N–H and O–H groups in total. The molecule has 0 aliphatic rings. The molecule has 5 rings (SSSR count). The molecule has 0 amide bonds. The number of fused-ring (bicyclic) bond motifs is 1. The summed E-state index contributed by atoms with van der Waals surface area (Å²) in [6, 6.07) is 19.6. The van der Waals surface area contributed by atoms with Gasteiger partial charge in [0.05, 0.1) is 28.7 Å². The number of rotatable bonds is 3. The zero-order valence-electron chi connectivity index (χ0n) is 20.4. The molecule has 37 heavy (non-hydrogen) atoms. The Kier molecular flexibility index (Phi) is 6.02. The molecule has 0 aliphatic carbocycles. The highest BCUT2D eigenvalue weighted by atomic mass is 19.4. The molecule has 5 aromatic rings. The normalized spacial score (nSPS) is 12.2. The van der Waals surface area contributed by atoms with Crippen molar-refractivity contribution in [3.8, 4) is 33.6 Å². The summed E-state index contributed by atoms with van der Waals surface area (Å²) in [5.74, 6) is -0.449. The molecule has 3 nitrogen and oxygen atoms in total. The van der Waals surface area contributed by atoms with Crippen molar-refractivity contribution in [3.63, 3.8) is 0 Å². The molecule has 186 valence electrons. The molecule has 0 fully saturated rings. The van der Waals surface area contributed by atoms with Crippen LogP contribution in [0.25, 0.3) is 44.7 Å². The lowest BCUT2D eigenvalue weighted by Gasteiger charge is -2.23. The molecule has 0 saturated heterocycles. The van der Waals surface area contributed by atoms with Crippen molar-refractivity contribution in [2.24, 2.45) is 0 Å². The van der Waals surface area contributed by atoms with Gasteiger partial charge < -0.3 is 0 Å². The molecular formula is C30H23F4N3. The number of halogens is 4. The van der Waals surface area contributed by atoms with Gasteiger partial charge in [0.15, 0.2) is 0 Å². The molecular weight excluding hydrogens is 478 g/mol. The standard InChI is InChI=1S/C30H23F4N3/c1-29(2,3)23-7-5-4-6-21(23)19-14-15-35-25(16-19)22-12-13-24(30(32,33)34)28-27(22)36-17-26(37-28)18-8-10-20(31)11-9-18/h4-17H,1-3H3. The van der Waals surface area contributed by atoms with E-state index in [2.05, 4.69) is 41.8 Å². The lowest BCUT2D eigenvalue weighted by atomic mass is 9.82. The summed E-state index contributed by atoms with van der Waals surface area (Å²) in [6.45, 7) is 6.39. The first kappa shape index (κ1) is 24.6. The van der Waals surface area contributed by atoms with Crippen molar-refractivity contribution in [2.45, 2.75) is 32.4 Å². The molecule has 0 radical (unpaired) electrons. The van der Waals surface area contributed by atoms with E-state index in [1.54, 1.807) is 6.20 Å². The molecule has 0 aliphatic heterocycles. The number of hydrogen-bond donors (Lipinski definition) is 0. The van der Waals surface area contributed by atoms with E-state index >= 15 is 0 Å². The Morgan fingerprint density at radius 1 is 0.649 bits per heavy atom. The maximum absolute atomic E-state index is 13.9. The smallest absolute Gasteiger partial charge is 0.256 e. The Bertz CT molecular complexity index is 1600. The minimum absolute atomic E-state index is 0.0921. The predicted molar refractivity (Wildman–Crippen MR) is 137 cm³/mol. The molecule has 2 aromatic heterocycles. The van der Waals surface area contributed by atoms with E-state index in [0.717, 1.165) is 22.8 Å². The second kappa shape index (κ2) is 9.07. The maximum Gasteiger partial charge on any atom is 0.418 e. The Hall–Kier alpha value is -4.13. The van der Waals surface area contributed by atoms with Crippen LogP contribution in [0.5, 0.6) is 0 Å². The number of nitrogens with zero attached hydrogens (tertiary/aromatic N) is 3. The molecule has 3 aromatic carbocycles. The van der Waals surface area contributed by atoms with E-state index in [9.17, 15) is 17.6 Å². The third kappa shape index (κ3) is 4.81. The van der Waals surface area contributed by atoms with Crippen LogP contribution in [-0.2, 0) is 11.6 Å². The zero-order valence-corrected chi connectivity index (χ0v) is 20.4. The van der Waals surface area contributed by atoms with E-state index < -0.39 is 17.6 Å². The highest BCUT2D eigenvalue weighted by Crippen LogP contribution is 2.39. The van der Waals surface area contributed by atoms with Gasteiger partial charge in [-0.25, -0.2) is 9.37 Å². The Labute approximate surface area is 211 Å². The number of alkyl halides is 3. The Morgan fingerprint density at radius 3 is 2.08 bits per heavy atom. The van der Waals surface area contributed by atoms with Crippen molar-refractivity contribution >= 4 is 11.0 Å². The van der Waals surface area contributed by atoms with Crippen LogP contribution in [0.1, 0.15) is 31.9 Å². The number of benzene rings is 3. The fraction of sp³-hybridized carbons (Fsp3) is 0.167. The van der Waals surface area contributed by atoms with Crippen LogP contribution in [0.15, 0.2) is 85.2 Å². The van der Waals surface area contributed by atoms with Crippen LogP contribution in [0, 0.1) is 5.82 Å². The van der Waals surface area contributed by atoms with Crippen LogP contribution in [0.4, 0.5) is 17.6 Å². The molecule has 0 atom stereocenters. The van der Waals surface area contributed by atoms with Crippen LogP contribution in [-0.4, -0.2) is 15.0 Å². The highest BCUT2D eigenvalue weighted by Gasteiger charge is 2.34. The number of aromatic nitrogens is 3. The van der Waals surface area contributed by atoms with Gasteiger partial charge in [-0.3, -0.25) is 9.97 Å². The van der Waals surface area contributed by atoms with E-state index in [1.165, 1.54) is 36.5 Å². The van der Waals surface area contributed by atoms with Crippen LogP contribution < -0.4 is 0 Å². The summed E-state index contributed by atoms with van der Waals surface area (Å²) < 4.78 is 55.2. The minimum Gasteiger partial charge on any atom is -0.256 e. The second-order valence-corrected chi connectivity index (χ2v) is 9.84. The van der Waals surface area contributed by atoms with Gasteiger partial charge in [0.1, 0.15) is 11.3 Å². The predicted octanol–water partition coefficient (Wildman–Crippen LogP) is 8.48. The van der Waals surface area contributed by atoms with E-state index in [4.69, 9.17) is 0 Å². The Morgan fingerprint density at radius 2 is 1.38 bits per heavy atom. The molecule has 0 bridgehead atoms. The topological polar surface area (TPSA) is 38.7 Å². The Balaban J connectivity index is 1.70. The summed E-state index contributed by atoms with van der Waals surface area (Å²) >= 11 is 0. The lowest BCUT2D eigenvalue weighted by Crippen LogP contribution is -2.12. The fourth-order valence-corrected chi connectivity index (χ4v) is 4.43. The molecule has 0 spiro atoms. The van der Waals surface area contributed by atoms with Gasteiger partial charge in [0, 0.05) is 17.3 Å². The maximum atomic E-state index is 13.9. The van der Waals surface area contributed by atoms with Crippen molar-refractivity contribution in [1.82, 2.24) is 15.0 Å². The van der Waals surface area contributed by atoms with Gasteiger partial charge in [-0.05, 0) is 70.6 Å². The third-order valence-corrected chi connectivity index (χ3v) is 6.23. The molecule has 7 heteroatoms. The zero-order chi connectivity index (χ0) is 26.4. The SMILES string of the molecule is CC(C)(C)c1ccccc1-c1ccnc(-c2ccc(C(F)(F)F)c3nc(-c4ccc(F)cc4)cnc23)c1. The lowest BCUT2D eigenvalue weighted by molar-refractivity contribution is -0.136. The van der Waals surface area contributed by atoms with Crippen LogP contribution in [0.3, 0.4) is 0 Å². The summed E-state index contributed by atoms with van der Waals surface area (Å²) in [4.78, 5) is 13.2. The van der Waals surface area contributed by atoms with Crippen molar-refractivity contribution in [2.75, 3.05) is 0 Å². The summed E-state index contributed by atoms with van der Waals surface area (Å²) in [6.07, 6.45) is -1.58. The van der Waals surface area contributed by atoms with Crippen LogP contribution >= 0.6 is 0 Å². The summed E-state index contributed by atoms with van der Waals surface area (Å²) in [5.41, 5.74) is 3.50. The van der Waals surface area contributed by atoms with Gasteiger partial charge in [-0.15, -0.1) is 0 Å². The first-order valence-electron chi connectivity index (χ1n) is 11.7. The van der Waals surface area contributed by atoms with Crippen molar-refractivity contribution < 1.29 is 17.6 Å². The second-order valence-electron chi connectivity index (χ2n) is 9.84. The quantitative estimate of drug-likeness (QED) is 0.233. The van der Waals surface area contributed by atoms with E-state index in [0.29, 0.717) is 16.8 Å². The van der Waals surface area contributed by atoms with Gasteiger partial charge >= 0.3 is 6.18 Å². The molecule has 0 saturated carbocycles. The number of hydrogen-bond acceptors (Lipinski definition) is 3. The first-order chi connectivity index (χ1) is 17.5. The van der Waals surface area contributed by atoms with Gasteiger partial charge in [-0.1, -0.05) is 45.0 Å². The minimum atomic E-state index is -4.63. The summed E-state index contributed by atoms with van der Waals surface area (Å²) in [5, 5.41) is 0. The number of pyridine rings is 1. The van der Waals surface area contributed by atoms with Crippen molar-refractivity contribution in [1.29, 1.82) is 0 Å². The molecule has 0 unspecified atom stereocenters. The van der Waals surface area contributed by atoms with E-state index in [1.807, 2.05) is 30.3 Å². The molecule has 2 heterocycles. The van der Waals surface area contributed by atoms with E-state index in [-0.39, 0.29) is 22.1 Å². The van der Waals surface area contributed by atoms with Crippen molar-refractivity contribution in [3.05, 3.63) is 102 Å². The monoisotopic (exact) mass is 501 g/mol. The first-order valence-corrected chi connectivity index (χ1v) is 11.7. The average molecular weight is 502 g/mol. The average Bonchev–Trinajstić information content (AvgIpc) is 2.87. The fourth-order valence-electron chi connectivity index (χ4n) is 4.43. The van der Waals surface area contributed by atoms with Gasteiger partial charge in [0.25, 0.3) is 0 Å². The van der Waals surface area contributed by atoms with Gasteiger partial charge in [0.2, 0.25) is 0 Å². The largest absolute Gasteiger partial charge is 0.418 e. The van der Waals surface area contributed by atoms with Gasteiger partial charge in [-0.2, -0.15) is 13.2 Å². The van der Waals surface area contributed by atoms with Crippen LogP contribution in [0.2, 0.25) is 0 Å². The summed E-state index contributed by atoms with van der Waals surface area (Å²) in [7, 11) is 0. The third-order valence-electron chi connectivity index (χ3n) is 6.23. The highest BCUT2D eigenvalue weighted by molar-refractivity contribution is 5.94.